The fourth-order valence-electron chi connectivity index (χ4n) is 3.23. The van der Waals surface area contributed by atoms with Gasteiger partial charge in [0.05, 0.1) is 33.0 Å². The molecule has 0 fully saturated rings. The van der Waals surface area contributed by atoms with Gasteiger partial charge in [0.2, 0.25) is 0 Å². The van der Waals surface area contributed by atoms with Crippen molar-refractivity contribution in [2.75, 3.05) is 27.8 Å². The number of hydrogen-bond donors (Lipinski definition) is 1. The van der Waals surface area contributed by atoms with Gasteiger partial charge in [0.25, 0.3) is 0 Å². The molecule has 0 aliphatic heterocycles. The summed E-state index contributed by atoms with van der Waals surface area (Å²) in [6, 6.07) is 15.7. The van der Waals surface area contributed by atoms with E-state index in [9.17, 15) is 4.79 Å². The Hall–Kier alpha value is -3.32. The predicted octanol–water partition coefficient (Wildman–Crippen LogP) is 3.13. The molecule has 0 atom stereocenters. The van der Waals surface area contributed by atoms with Crippen LogP contribution in [0.3, 0.4) is 0 Å². The Balaban J connectivity index is 1.97. The topological polar surface area (TPSA) is 76.8 Å². The minimum Gasteiger partial charge on any atom is -0.493 e. The predicted molar refractivity (Wildman–Crippen MR) is 110 cm³/mol. The first kappa shape index (κ1) is 20.4. The van der Waals surface area contributed by atoms with Crippen molar-refractivity contribution in [2.45, 2.75) is 13.1 Å². The molecule has 0 radical (unpaired) electrons. The van der Waals surface area contributed by atoms with Crippen molar-refractivity contribution in [1.82, 2.24) is 14.7 Å². The molecule has 0 saturated carbocycles. The first-order chi connectivity index (χ1) is 14.0. The number of aromatic nitrogens is 2. The Morgan fingerprint density at radius 1 is 1.10 bits per heavy atom. The van der Waals surface area contributed by atoms with E-state index < -0.39 is 5.97 Å². The van der Waals surface area contributed by atoms with Gasteiger partial charge in [-0.25, -0.2) is 0 Å². The molecule has 0 aliphatic rings. The van der Waals surface area contributed by atoms with Gasteiger partial charge in [-0.05, 0) is 30.8 Å². The zero-order valence-corrected chi connectivity index (χ0v) is 16.8. The molecule has 0 unspecified atom stereocenters. The van der Waals surface area contributed by atoms with Crippen LogP contribution in [0.15, 0.2) is 54.7 Å². The van der Waals surface area contributed by atoms with Gasteiger partial charge < -0.3 is 14.6 Å². The van der Waals surface area contributed by atoms with Crippen LogP contribution >= 0.6 is 0 Å². The lowest BCUT2D eigenvalue weighted by Gasteiger charge is -2.14. The molecule has 3 rings (SSSR count). The summed E-state index contributed by atoms with van der Waals surface area (Å²) in [5.74, 6) is 0.397. The highest BCUT2D eigenvalue weighted by atomic mass is 16.5. The van der Waals surface area contributed by atoms with Crippen molar-refractivity contribution >= 4 is 5.97 Å². The number of likely N-dealkylation sites (N-methyl/N-ethyl adjacent to an activating group) is 1. The Morgan fingerprint density at radius 3 is 2.48 bits per heavy atom. The summed E-state index contributed by atoms with van der Waals surface area (Å²) in [5, 5.41) is 13.9. The number of carboxylic acids is 1. The average Bonchev–Trinajstić information content (AvgIpc) is 3.09. The molecule has 0 aliphatic carbocycles. The van der Waals surface area contributed by atoms with Gasteiger partial charge in [-0.3, -0.25) is 14.4 Å². The van der Waals surface area contributed by atoms with E-state index in [2.05, 4.69) is 0 Å². The maximum absolute atomic E-state index is 11.1. The van der Waals surface area contributed by atoms with Crippen LogP contribution in [0.4, 0.5) is 0 Å². The molecule has 0 amide bonds. The number of hydrogen-bond acceptors (Lipinski definition) is 5. The van der Waals surface area contributed by atoms with E-state index in [0.717, 1.165) is 22.4 Å². The van der Waals surface area contributed by atoms with E-state index in [1.165, 1.54) is 0 Å². The quantitative estimate of drug-likeness (QED) is 0.600. The van der Waals surface area contributed by atoms with E-state index in [4.69, 9.17) is 19.7 Å². The smallest absolute Gasteiger partial charge is 0.317 e. The number of carboxylic acid groups (broad SMARTS) is 1. The lowest BCUT2D eigenvalue weighted by molar-refractivity contribution is -0.138. The van der Waals surface area contributed by atoms with Gasteiger partial charge >= 0.3 is 5.97 Å². The molecule has 0 bridgehead atoms. The number of benzene rings is 2. The van der Waals surface area contributed by atoms with Crippen molar-refractivity contribution in [3.05, 3.63) is 65.9 Å². The van der Waals surface area contributed by atoms with Crippen molar-refractivity contribution < 1.29 is 19.4 Å². The van der Waals surface area contributed by atoms with E-state index >= 15 is 0 Å². The van der Waals surface area contributed by atoms with Crippen LogP contribution in [-0.2, 0) is 17.9 Å². The lowest BCUT2D eigenvalue weighted by atomic mass is 10.1. The molecule has 0 saturated heterocycles. The zero-order valence-electron chi connectivity index (χ0n) is 16.8. The Morgan fingerprint density at radius 2 is 1.83 bits per heavy atom. The van der Waals surface area contributed by atoms with Crippen LogP contribution in [0.2, 0.25) is 0 Å². The third kappa shape index (κ3) is 5.14. The molecule has 7 heteroatoms. The van der Waals surface area contributed by atoms with Crippen LogP contribution in [0.5, 0.6) is 11.5 Å². The minimum atomic E-state index is -0.864. The number of ether oxygens (including phenoxy) is 2. The number of aliphatic carboxylic acids is 1. The van der Waals surface area contributed by atoms with E-state index in [1.54, 1.807) is 26.2 Å². The van der Waals surface area contributed by atoms with E-state index in [0.29, 0.717) is 24.6 Å². The second-order valence-electron chi connectivity index (χ2n) is 6.82. The fraction of sp³-hybridized carbons (Fsp3) is 0.273. The number of carbonyl (C=O) groups is 1. The van der Waals surface area contributed by atoms with Gasteiger partial charge in [0, 0.05) is 23.9 Å². The first-order valence-corrected chi connectivity index (χ1v) is 9.23. The molecule has 1 heterocycles. The van der Waals surface area contributed by atoms with Crippen molar-refractivity contribution in [3.8, 4) is 22.8 Å². The summed E-state index contributed by atoms with van der Waals surface area (Å²) < 4.78 is 12.6. The lowest BCUT2D eigenvalue weighted by Crippen LogP contribution is -2.25. The molecule has 1 aromatic heterocycles. The number of methoxy groups -OCH3 is 2. The monoisotopic (exact) mass is 395 g/mol. The summed E-state index contributed by atoms with van der Waals surface area (Å²) in [6.45, 7) is 1.05. The van der Waals surface area contributed by atoms with Gasteiger partial charge in [-0.1, -0.05) is 30.3 Å². The highest BCUT2D eigenvalue weighted by Crippen LogP contribution is 2.33. The van der Waals surface area contributed by atoms with Gasteiger partial charge in [0.1, 0.15) is 0 Å². The van der Waals surface area contributed by atoms with Crippen LogP contribution in [0.25, 0.3) is 11.3 Å². The molecule has 0 spiro atoms. The molecule has 7 nitrogen and oxygen atoms in total. The van der Waals surface area contributed by atoms with Gasteiger partial charge in [-0.15, -0.1) is 0 Å². The highest BCUT2D eigenvalue weighted by Gasteiger charge is 2.16. The molecule has 2 aromatic carbocycles. The summed E-state index contributed by atoms with van der Waals surface area (Å²) in [4.78, 5) is 12.8. The third-order valence-electron chi connectivity index (χ3n) is 4.53. The Kier molecular flexibility index (Phi) is 6.51. The summed E-state index contributed by atoms with van der Waals surface area (Å²) >= 11 is 0. The van der Waals surface area contributed by atoms with Crippen molar-refractivity contribution in [3.63, 3.8) is 0 Å². The molecule has 152 valence electrons. The maximum atomic E-state index is 11.1. The van der Waals surface area contributed by atoms with Crippen LogP contribution < -0.4 is 9.47 Å². The van der Waals surface area contributed by atoms with Crippen LogP contribution in [0, 0.1) is 0 Å². The third-order valence-corrected chi connectivity index (χ3v) is 4.53. The average molecular weight is 395 g/mol. The molecular formula is C22H25N3O4. The van der Waals surface area contributed by atoms with E-state index in [1.807, 2.05) is 59.4 Å². The first-order valence-electron chi connectivity index (χ1n) is 9.23. The number of nitrogens with zero attached hydrogens (tertiary/aromatic N) is 3. The summed E-state index contributed by atoms with van der Waals surface area (Å²) in [7, 11) is 4.97. The minimum absolute atomic E-state index is 0.0464. The number of rotatable bonds is 9. The SMILES string of the molecule is COc1ccc(-c2nn(Cc3ccccc3)cc2CN(C)CC(=O)O)cc1OC. The van der Waals surface area contributed by atoms with E-state index in [-0.39, 0.29) is 6.54 Å². The normalized spacial score (nSPS) is 10.9. The van der Waals surface area contributed by atoms with Crippen LogP contribution in [0.1, 0.15) is 11.1 Å². The highest BCUT2D eigenvalue weighted by molar-refractivity contribution is 5.69. The van der Waals surface area contributed by atoms with Crippen molar-refractivity contribution in [1.29, 1.82) is 0 Å². The Bertz CT molecular complexity index is 969. The second kappa shape index (κ2) is 9.25. The zero-order chi connectivity index (χ0) is 20.8. The summed E-state index contributed by atoms with van der Waals surface area (Å²) in [5.41, 5.74) is 3.75. The molecule has 1 N–H and O–H groups in total. The molecular weight excluding hydrogens is 370 g/mol. The maximum Gasteiger partial charge on any atom is 0.317 e. The Labute approximate surface area is 170 Å². The van der Waals surface area contributed by atoms with Crippen molar-refractivity contribution in [2.24, 2.45) is 0 Å². The molecule has 3 aromatic rings. The standard InChI is InChI=1S/C22H25N3O4/c1-24(15-21(26)27)13-18-14-25(12-16-7-5-4-6-8-16)23-22(18)17-9-10-19(28-2)20(11-17)29-3/h4-11,14H,12-13,15H2,1-3H3,(H,26,27). The molecule has 29 heavy (non-hydrogen) atoms. The second-order valence-corrected chi connectivity index (χ2v) is 6.82. The summed E-state index contributed by atoms with van der Waals surface area (Å²) in [6.07, 6.45) is 1.97. The van der Waals surface area contributed by atoms with Gasteiger partial charge in [-0.2, -0.15) is 5.10 Å². The largest absolute Gasteiger partial charge is 0.493 e. The van der Waals surface area contributed by atoms with Gasteiger partial charge in [0.15, 0.2) is 11.5 Å². The van der Waals surface area contributed by atoms with Crippen LogP contribution in [-0.4, -0.2) is 53.6 Å². The fourth-order valence-corrected chi connectivity index (χ4v) is 3.23.